The van der Waals surface area contributed by atoms with Gasteiger partial charge in [-0.1, -0.05) is 6.92 Å². The van der Waals surface area contributed by atoms with Crippen molar-refractivity contribution in [1.29, 1.82) is 0 Å². The predicted molar refractivity (Wildman–Crippen MR) is 20.4 cm³/mol. The van der Waals surface area contributed by atoms with Crippen LogP contribution in [0.25, 0.3) is 0 Å². The number of hydrogen-bond acceptors (Lipinski definition) is 0. The van der Waals surface area contributed by atoms with E-state index in [1.54, 1.807) is 0 Å². The van der Waals surface area contributed by atoms with Crippen LogP contribution in [-0.4, -0.2) is 5.92 Å². The van der Waals surface area contributed by atoms with Crippen LogP contribution in [0.15, 0.2) is 0 Å². The Labute approximate surface area is 44.5 Å². The third-order valence-corrected chi connectivity index (χ3v) is 0.615. The van der Waals surface area contributed by atoms with Crippen LogP contribution >= 0.6 is 0 Å². The Hall–Kier alpha value is -0.280. The maximum Gasteiger partial charge on any atom is 0.378 e. The fraction of sp³-hybridized carbons (Fsp3) is 0.500. The van der Waals surface area contributed by atoms with Crippen LogP contribution in [0, 0.1) is 12.8 Å². The molecule has 0 spiro atoms. The van der Waals surface area contributed by atoms with Gasteiger partial charge in [0.15, 0.2) is 0 Å². The molecular weight excluding hydrogens is 124 g/mol. The van der Waals surface area contributed by atoms with E-state index in [1.165, 1.54) is 0 Å². The van der Waals surface area contributed by atoms with Crippen LogP contribution in [0.2, 0.25) is 0 Å². The minimum atomic E-state index is -4.00. The van der Waals surface area contributed by atoms with E-state index in [-0.39, 0.29) is 6.42 Å². The number of hydrogen-bond donors (Lipinski definition) is 0. The minimum absolute atomic E-state index is 0.141. The molecule has 2 radical (unpaired) electrons. The Balaban J connectivity index is 3.71. The van der Waals surface area contributed by atoms with Crippen molar-refractivity contribution in [2.24, 2.45) is 0 Å². The second kappa shape index (κ2) is 2.33. The Bertz CT molecular complexity index is 68.4. The monoisotopic (exact) mass is 128 g/mol. The van der Waals surface area contributed by atoms with Crippen molar-refractivity contribution >= 4 is 0 Å². The molecule has 0 nitrogen and oxygen atoms in total. The van der Waals surface area contributed by atoms with E-state index in [1.807, 2.05) is 0 Å². The topological polar surface area (TPSA) is 0 Å². The lowest BCUT2D eigenvalue weighted by atomic mass is 10.3. The summed E-state index contributed by atoms with van der Waals surface area (Å²) in [5.74, 6) is -4.00. The van der Waals surface area contributed by atoms with E-state index in [9.17, 15) is 17.6 Å². The van der Waals surface area contributed by atoms with Gasteiger partial charge in [-0.25, -0.2) is 0 Å². The molecule has 0 saturated carbocycles. The number of rotatable bonds is 2. The zero-order valence-electron chi connectivity index (χ0n) is 4.09. The summed E-state index contributed by atoms with van der Waals surface area (Å²) in [5, 5.41) is 0. The number of halogens is 4. The zero-order valence-corrected chi connectivity index (χ0v) is 4.09. The average Bonchev–Trinajstić information content (AvgIpc) is 1.67. The zero-order chi connectivity index (χ0) is 6.78. The van der Waals surface area contributed by atoms with Gasteiger partial charge in [-0.15, -0.1) is 0 Å². The molecular formula is C4H4F4. The molecule has 0 atom stereocenters. The van der Waals surface area contributed by atoms with Crippen molar-refractivity contribution in [3.8, 4) is 0 Å². The van der Waals surface area contributed by atoms with Crippen LogP contribution in [0.1, 0.15) is 6.92 Å². The second-order valence-electron chi connectivity index (χ2n) is 1.17. The molecule has 0 unspecified atom stereocenters. The maximum atomic E-state index is 11.4. The molecule has 0 aromatic rings. The van der Waals surface area contributed by atoms with Gasteiger partial charge in [0.05, 0.1) is 0 Å². The molecule has 0 aliphatic carbocycles. The fourth-order valence-electron chi connectivity index (χ4n) is 0.109. The SMILES string of the molecule is C[CH]C(F)(F)[C](F)F. The molecule has 0 rings (SSSR count). The Morgan fingerprint density at radius 2 is 1.75 bits per heavy atom. The molecule has 0 aromatic heterocycles. The van der Waals surface area contributed by atoms with Gasteiger partial charge in [-0.3, -0.25) is 0 Å². The van der Waals surface area contributed by atoms with E-state index in [4.69, 9.17) is 0 Å². The first-order valence-corrected chi connectivity index (χ1v) is 1.87. The molecule has 0 aromatic carbocycles. The highest BCUT2D eigenvalue weighted by atomic mass is 19.3. The normalized spacial score (nSPS) is 12.8. The second-order valence-corrected chi connectivity index (χ2v) is 1.17. The molecule has 0 N–H and O–H groups in total. The Kier molecular flexibility index (Phi) is 2.25. The van der Waals surface area contributed by atoms with Crippen molar-refractivity contribution in [2.45, 2.75) is 12.8 Å². The highest BCUT2D eigenvalue weighted by Crippen LogP contribution is 2.30. The van der Waals surface area contributed by atoms with Gasteiger partial charge in [0.2, 0.25) is 0 Å². The molecule has 0 bridgehead atoms. The lowest BCUT2D eigenvalue weighted by molar-refractivity contribution is -0.0300. The Morgan fingerprint density at radius 1 is 1.38 bits per heavy atom. The summed E-state index contributed by atoms with van der Waals surface area (Å²) in [4.78, 5) is 0. The summed E-state index contributed by atoms with van der Waals surface area (Å²) in [6.45, 7) is 0.874. The highest BCUT2D eigenvalue weighted by Gasteiger charge is 2.40. The molecule has 0 aliphatic rings. The van der Waals surface area contributed by atoms with Gasteiger partial charge >= 0.3 is 12.3 Å². The smallest absolute Gasteiger partial charge is 0.199 e. The molecule has 8 heavy (non-hydrogen) atoms. The van der Waals surface area contributed by atoms with Crippen LogP contribution in [0.5, 0.6) is 0 Å². The van der Waals surface area contributed by atoms with Gasteiger partial charge in [0.1, 0.15) is 0 Å². The van der Waals surface area contributed by atoms with Crippen molar-refractivity contribution in [2.75, 3.05) is 0 Å². The van der Waals surface area contributed by atoms with Gasteiger partial charge in [-0.05, 0) is 0 Å². The van der Waals surface area contributed by atoms with Crippen LogP contribution in [0.3, 0.4) is 0 Å². The molecule has 0 saturated heterocycles. The summed E-state index contributed by atoms with van der Waals surface area (Å²) >= 11 is 0. The standard InChI is InChI=1S/C4H4F4/c1-2-4(7,8)3(5)6/h2H,1H3. The van der Waals surface area contributed by atoms with E-state index >= 15 is 0 Å². The van der Waals surface area contributed by atoms with Crippen molar-refractivity contribution in [3.05, 3.63) is 12.8 Å². The first kappa shape index (κ1) is 7.72. The summed E-state index contributed by atoms with van der Waals surface area (Å²) < 4.78 is 44.8. The van der Waals surface area contributed by atoms with Gasteiger partial charge < -0.3 is 0 Å². The van der Waals surface area contributed by atoms with E-state index in [2.05, 4.69) is 0 Å². The molecule has 48 valence electrons. The largest absolute Gasteiger partial charge is 0.378 e. The minimum Gasteiger partial charge on any atom is -0.199 e. The van der Waals surface area contributed by atoms with Crippen LogP contribution in [-0.2, 0) is 0 Å². The third kappa shape index (κ3) is 1.68. The Morgan fingerprint density at radius 3 is 1.75 bits per heavy atom. The van der Waals surface area contributed by atoms with Crippen molar-refractivity contribution < 1.29 is 17.6 Å². The summed E-state index contributed by atoms with van der Waals surface area (Å²) in [6, 6.07) is 0. The summed E-state index contributed by atoms with van der Waals surface area (Å²) in [5.41, 5.74) is 0. The quantitative estimate of drug-likeness (QED) is 0.500. The van der Waals surface area contributed by atoms with Crippen molar-refractivity contribution in [3.63, 3.8) is 0 Å². The molecule has 0 amide bonds. The molecule has 4 heteroatoms. The predicted octanol–water partition coefficient (Wildman–Crippen LogP) is 2.27. The lowest BCUT2D eigenvalue weighted by Gasteiger charge is -2.08. The maximum absolute atomic E-state index is 11.4. The van der Waals surface area contributed by atoms with Crippen LogP contribution in [0.4, 0.5) is 17.6 Å². The van der Waals surface area contributed by atoms with Gasteiger partial charge in [-0.2, -0.15) is 17.6 Å². The first-order chi connectivity index (χ1) is 3.50. The summed E-state index contributed by atoms with van der Waals surface area (Å²) in [6.07, 6.45) is -2.72. The van der Waals surface area contributed by atoms with Gasteiger partial charge in [0.25, 0.3) is 0 Å². The van der Waals surface area contributed by atoms with Crippen molar-refractivity contribution in [1.82, 2.24) is 0 Å². The van der Waals surface area contributed by atoms with Gasteiger partial charge in [0, 0.05) is 6.42 Å². The molecule has 0 heterocycles. The van der Waals surface area contributed by atoms with E-state index in [0.717, 1.165) is 6.92 Å². The molecule has 0 aliphatic heterocycles. The molecule has 0 fully saturated rings. The highest BCUT2D eigenvalue weighted by molar-refractivity contribution is 4.92. The van der Waals surface area contributed by atoms with E-state index < -0.39 is 12.3 Å². The lowest BCUT2D eigenvalue weighted by Crippen LogP contribution is -2.18. The summed E-state index contributed by atoms with van der Waals surface area (Å²) in [7, 11) is 0. The third-order valence-electron chi connectivity index (χ3n) is 0.615. The van der Waals surface area contributed by atoms with Crippen LogP contribution < -0.4 is 0 Å². The first-order valence-electron chi connectivity index (χ1n) is 1.87. The van der Waals surface area contributed by atoms with E-state index in [0.29, 0.717) is 0 Å². The number of alkyl halides is 2. The average molecular weight is 128 g/mol. The fourth-order valence-corrected chi connectivity index (χ4v) is 0.109.